The van der Waals surface area contributed by atoms with E-state index in [2.05, 4.69) is 15.6 Å². The second-order valence-electron chi connectivity index (χ2n) is 5.14. The molecule has 3 rings (SSSR count). The summed E-state index contributed by atoms with van der Waals surface area (Å²) >= 11 is 12.3. The van der Waals surface area contributed by atoms with Gasteiger partial charge in [0, 0.05) is 11.3 Å². The van der Waals surface area contributed by atoms with E-state index in [0.717, 1.165) is 6.26 Å². The number of benzene rings is 2. The smallest absolute Gasteiger partial charge is 0.175 e. The van der Waals surface area contributed by atoms with Gasteiger partial charge in [-0.15, -0.1) is 9.89 Å². The van der Waals surface area contributed by atoms with Gasteiger partial charge in [-0.25, -0.2) is 23.9 Å². The van der Waals surface area contributed by atoms with Crippen molar-refractivity contribution in [1.29, 1.82) is 0 Å². The van der Waals surface area contributed by atoms with E-state index in [1.165, 1.54) is 29.6 Å². The Morgan fingerprint density at radius 1 is 1.12 bits per heavy atom. The molecule has 2 aromatic carbocycles. The van der Waals surface area contributed by atoms with Gasteiger partial charge in [-0.05, 0) is 42.5 Å². The topological polar surface area (TPSA) is 80.1 Å². The molecule has 0 aliphatic rings. The number of hydrogen-bond donors (Lipinski definition) is 1. The van der Waals surface area contributed by atoms with Crippen LogP contribution in [0, 0.1) is 0 Å². The maximum absolute atomic E-state index is 11.6. The largest absolute Gasteiger partial charge is 0.239 e. The summed E-state index contributed by atoms with van der Waals surface area (Å²) in [6, 6.07) is 11.4. The Kier molecular flexibility index (Phi) is 4.85. The molecule has 0 fully saturated rings. The van der Waals surface area contributed by atoms with Crippen LogP contribution in [0.5, 0.6) is 0 Å². The third-order valence-electron chi connectivity index (χ3n) is 3.29. The van der Waals surface area contributed by atoms with Crippen LogP contribution in [0.1, 0.15) is 0 Å². The lowest BCUT2D eigenvalue weighted by Crippen LogP contribution is -2.33. The number of anilines is 2. The van der Waals surface area contributed by atoms with Crippen LogP contribution in [-0.4, -0.2) is 29.5 Å². The van der Waals surface area contributed by atoms with Gasteiger partial charge in [0.25, 0.3) is 0 Å². The zero-order valence-electron chi connectivity index (χ0n) is 13.0. The molecule has 10 heteroatoms. The molecule has 25 heavy (non-hydrogen) atoms. The molecule has 0 bridgehead atoms. The van der Waals surface area contributed by atoms with Crippen molar-refractivity contribution in [2.75, 3.05) is 16.8 Å². The number of hydrazine groups is 1. The number of sulfone groups is 1. The second-order valence-corrected chi connectivity index (χ2v) is 8.00. The fourth-order valence-electron chi connectivity index (χ4n) is 2.12. The second kappa shape index (κ2) is 6.91. The predicted octanol–water partition coefficient (Wildman–Crippen LogP) is 3.29. The van der Waals surface area contributed by atoms with Crippen molar-refractivity contribution in [3.05, 3.63) is 65.2 Å². The van der Waals surface area contributed by atoms with Crippen LogP contribution in [0.4, 0.5) is 11.4 Å². The van der Waals surface area contributed by atoms with Crippen LogP contribution in [0.25, 0.3) is 0 Å². The summed E-state index contributed by atoms with van der Waals surface area (Å²) in [5, 5.41) is 6.55. The summed E-state index contributed by atoms with van der Waals surface area (Å²) in [4.78, 5) is 5.48. The summed E-state index contributed by atoms with van der Waals surface area (Å²) in [5.74, 6) is 0. The summed E-state index contributed by atoms with van der Waals surface area (Å²) in [5.41, 5.74) is 4.26. The van der Waals surface area contributed by atoms with Crippen molar-refractivity contribution in [2.45, 2.75) is 4.90 Å². The standard InChI is InChI=1S/C15H13Cl2N5O2S/c1-25(23,24)13-5-3-12(4-6-13)22(20-21-10-18-9-19-21)15-7-2-11(16)8-14(15)17/h2-10,20H,1H3. The minimum atomic E-state index is -3.28. The highest BCUT2D eigenvalue weighted by Crippen LogP contribution is 2.33. The molecule has 0 radical (unpaired) electrons. The minimum absolute atomic E-state index is 0.221. The molecule has 0 saturated heterocycles. The van der Waals surface area contributed by atoms with E-state index in [0.29, 0.717) is 21.4 Å². The van der Waals surface area contributed by atoms with Gasteiger partial charge >= 0.3 is 0 Å². The monoisotopic (exact) mass is 397 g/mol. The first-order chi connectivity index (χ1) is 11.8. The quantitative estimate of drug-likeness (QED) is 0.665. The van der Waals surface area contributed by atoms with Crippen molar-refractivity contribution in [1.82, 2.24) is 14.9 Å². The van der Waals surface area contributed by atoms with Crippen LogP contribution >= 0.6 is 23.2 Å². The molecule has 0 amide bonds. The maximum Gasteiger partial charge on any atom is 0.175 e. The van der Waals surface area contributed by atoms with E-state index < -0.39 is 9.84 Å². The van der Waals surface area contributed by atoms with Gasteiger partial charge in [-0.3, -0.25) is 0 Å². The van der Waals surface area contributed by atoms with E-state index in [-0.39, 0.29) is 4.90 Å². The Morgan fingerprint density at radius 2 is 1.84 bits per heavy atom. The van der Waals surface area contributed by atoms with Gasteiger partial charge in [0.1, 0.15) is 12.7 Å². The molecular weight excluding hydrogens is 385 g/mol. The number of aromatic nitrogens is 3. The Morgan fingerprint density at radius 3 is 2.40 bits per heavy atom. The van der Waals surface area contributed by atoms with E-state index in [1.54, 1.807) is 35.3 Å². The number of nitrogens with zero attached hydrogens (tertiary/aromatic N) is 4. The number of halogens is 2. The van der Waals surface area contributed by atoms with E-state index in [4.69, 9.17) is 23.2 Å². The van der Waals surface area contributed by atoms with Crippen LogP contribution in [0.2, 0.25) is 10.0 Å². The molecule has 0 aliphatic carbocycles. The summed E-state index contributed by atoms with van der Waals surface area (Å²) < 4.78 is 23.3. The van der Waals surface area contributed by atoms with E-state index >= 15 is 0 Å². The van der Waals surface area contributed by atoms with E-state index in [1.807, 2.05) is 0 Å². The molecule has 1 N–H and O–H groups in total. The molecule has 3 aromatic rings. The van der Waals surface area contributed by atoms with Crippen LogP contribution < -0.4 is 10.5 Å². The molecule has 0 atom stereocenters. The molecule has 0 aliphatic heterocycles. The molecule has 130 valence electrons. The summed E-state index contributed by atoms with van der Waals surface area (Å²) in [7, 11) is -3.28. The number of nitrogens with one attached hydrogen (secondary N) is 1. The van der Waals surface area contributed by atoms with Crippen LogP contribution in [0.3, 0.4) is 0 Å². The fraction of sp³-hybridized carbons (Fsp3) is 0.0667. The lowest BCUT2D eigenvalue weighted by atomic mass is 10.2. The molecule has 0 spiro atoms. The van der Waals surface area contributed by atoms with Crippen LogP contribution in [0.15, 0.2) is 60.0 Å². The molecule has 1 aromatic heterocycles. The third kappa shape index (κ3) is 4.04. The average molecular weight is 398 g/mol. The first kappa shape index (κ1) is 17.5. The molecular formula is C15H13Cl2N5O2S. The van der Waals surface area contributed by atoms with E-state index in [9.17, 15) is 8.42 Å². The lowest BCUT2D eigenvalue weighted by Gasteiger charge is -2.26. The Balaban J connectivity index is 2.04. The third-order valence-corrected chi connectivity index (χ3v) is 4.96. The van der Waals surface area contributed by atoms with Crippen molar-refractivity contribution in [3.63, 3.8) is 0 Å². The fourth-order valence-corrected chi connectivity index (χ4v) is 3.24. The first-order valence-electron chi connectivity index (χ1n) is 7.01. The first-order valence-corrected chi connectivity index (χ1v) is 9.66. The maximum atomic E-state index is 11.6. The van der Waals surface area contributed by atoms with Gasteiger partial charge in [0.05, 0.1) is 21.3 Å². The summed E-state index contributed by atoms with van der Waals surface area (Å²) in [6.07, 6.45) is 4.01. The molecule has 1 heterocycles. The zero-order valence-corrected chi connectivity index (χ0v) is 15.3. The summed E-state index contributed by atoms with van der Waals surface area (Å²) in [6.45, 7) is 0. The Hall–Kier alpha value is -2.29. The van der Waals surface area contributed by atoms with Gasteiger partial charge in [-0.1, -0.05) is 23.2 Å². The van der Waals surface area contributed by atoms with Crippen molar-refractivity contribution in [2.24, 2.45) is 0 Å². The van der Waals surface area contributed by atoms with Crippen LogP contribution in [-0.2, 0) is 9.84 Å². The van der Waals surface area contributed by atoms with Crippen molar-refractivity contribution < 1.29 is 8.42 Å². The highest BCUT2D eigenvalue weighted by Gasteiger charge is 2.15. The van der Waals surface area contributed by atoms with Crippen molar-refractivity contribution in [3.8, 4) is 0 Å². The number of hydrogen-bond acceptors (Lipinski definition) is 6. The minimum Gasteiger partial charge on any atom is -0.239 e. The predicted molar refractivity (Wildman–Crippen MR) is 97.5 cm³/mol. The van der Waals surface area contributed by atoms with Gasteiger partial charge < -0.3 is 0 Å². The van der Waals surface area contributed by atoms with Crippen molar-refractivity contribution >= 4 is 44.4 Å². The highest BCUT2D eigenvalue weighted by atomic mass is 35.5. The van der Waals surface area contributed by atoms with Gasteiger partial charge in [0.2, 0.25) is 0 Å². The molecule has 0 unspecified atom stereocenters. The molecule has 7 nitrogen and oxygen atoms in total. The zero-order chi connectivity index (χ0) is 18.0. The van der Waals surface area contributed by atoms with Gasteiger partial charge in [-0.2, -0.15) is 0 Å². The lowest BCUT2D eigenvalue weighted by molar-refractivity contribution is 0.602. The Labute approximate surface area is 154 Å². The van der Waals surface area contributed by atoms with Gasteiger partial charge in [0.15, 0.2) is 9.84 Å². The highest BCUT2D eigenvalue weighted by molar-refractivity contribution is 7.90. The average Bonchev–Trinajstić information content (AvgIpc) is 3.06. The molecule has 0 saturated carbocycles. The SMILES string of the molecule is CS(=O)(=O)c1ccc(N(Nn2cncn2)c2ccc(Cl)cc2Cl)cc1. The number of rotatable bonds is 5. The Bertz CT molecular complexity index is 976. The normalized spacial score (nSPS) is 11.3.